The molecule has 0 aromatic heterocycles. The van der Waals surface area contributed by atoms with Gasteiger partial charge in [0.25, 0.3) is 0 Å². The van der Waals surface area contributed by atoms with Crippen molar-refractivity contribution in [1.82, 2.24) is 9.62 Å². The van der Waals surface area contributed by atoms with Gasteiger partial charge in [0.15, 0.2) is 0 Å². The summed E-state index contributed by atoms with van der Waals surface area (Å²) in [6.07, 6.45) is 1.57. The second-order valence-electron chi connectivity index (χ2n) is 4.45. The molecule has 6 nitrogen and oxygen atoms in total. The number of hydrogen-bond donors (Lipinski definition) is 2. The van der Waals surface area contributed by atoms with Crippen molar-refractivity contribution in [3.05, 3.63) is 0 Å². The van der Waals surface area contributed by atoms with Gasteiger partial charge in [-0.2, -0.15) is 0 Å². The molecule has 0 spiro atoms. The number of nitrogens with one attached hydrogen (secondary N) is 1. The third-order valence-electron chi connectivity index (χ3n) is 2.87. The van der Waals surface area contributed by atoms with Crippen LogP contribution < -0.4 is 10.5 Å². The number of thiocarbonyl (C=S) groups is 1. The lowest BCUT2D eigenvalue weighted by molar-refractivity contribution is 0.215. The van der Waals surface area contributed by atoms with Gasteiger partial charge in [0.1, 0.15) is 0 Å². The zero-order valence-corrected chi connectivity index (χ0v) is 12.2. The van der Waals surface area contributed by atoms with E-state index in [1.165, 1.54) is 7.11 Å². The van der Waals surface area contributed by atoms with Crippen molar-refractivity contribution in [2.24, 2.45) is 5.73 Å². The summed E-state index contributed by atoms with van der Waals surface area (Å²) < 4.78 is 30.8. The summed E-state index contributed by atoms with van der Waals surface area (Å²) >= 11 is 4.85. The van der Waals surface area contributed by atoms with E-state index in [1.54, 1.807) is 0 Å². The Morgan fingerprint density at radius 2 is 2.11 bits per heavy atom. The number of methoxy groups -OCH3 is 1. The van der Waals surface area contributed by atoms with Crippen molar-refractivity contribution in [2.75, 3.05) is 39.1 Å². The van der Waals surface area contributed by atoms with Gasteiger partial charge < -0.3 is 10.5 Å². The Balaban J connectivity index is 2.33. The molecule has 1 fully saturated rings. The molecule has 0 aromatic rings. The first kappa shape index (κ1) is 15.8. The first-order chi connectivity index (χ1) is 8.43. The van der Waals surface area contributed by atoms with Crippen LogP contribution in [0.4, 0.5) is 0 Å². The predicted octanol–water partition coefficient (Wildman–Crippen LogP) is -0.697. The van der Waals surface area contributed by atoms with Crippen molar-refractivity contribution in [2.45, 2.75) is 18.9 Å². The Morgan fingerprint density at radius 1 is 1.50 bits per heavy atom. The van der Waals surface area contributed by atoms with Crippen molar-refractivity contribution in [3.63, 3.8) is 0 Å². The van der Waals surface area contributed by atoms with E-state index >= 15 is 0 Å². The van der Waals surface area contributed by atoms with Gasteiger partial charge in [-0.1, -0.05) is 12.2 Å². The summed E-state index contributed by atoms with van der Waals surface area (Å²) in [6.45, 7) is 2.46. The Hall–Kier alpha value is -0.280. The average Bonchev–Trinajstić information content (AvgIpc) is 2.28. The molecule has 0 saturated carbocycles. The number of nitrogens with zero attached hydrogens (tertiary/aromatic N) is 1. The van der Waals surface area contributed by atoms with Gasteiger partial charge in [-0.25, -0.2) is 13.1 Å². The first-order valence-electron chi connectivity index (χ1n) is 5.92. The number of sulfonamides is 1. The predicted molar refractivity (Wildman–Crippen MR) is 75.0 cm³/mol. The summed E-state index contributed by atoms with van der Waals surface area (Å²) in [4.78, 5) is 2.62. The van der Waals surface area contributed by atoms with Gasteiger partial charge >= 0.3 is 0 Å². The van der Waals surface area contributed by atoms with Crippen LogP contribution in [0.15, 0.2) is 0 Å². The summed E-state index contributed by atoms with van der Waals surface area (Å²) in [6, 6.07) is 0.00875. The summed E-state index contributed by atoms with van der Waals surface area (Å²) in [7, 11) is -1.74. The monoisotopic (exact) mass is 295 g/mol. The zero-order chi connectivity index (χ0) is 13.6. The van der Waals surface area contributed by atoms with Gasteiger partial charge in [-0.3, -0.25) is 4.90 Å². The fraction of sp³-hybridized carbons (Fsp3) is 0.900. The summed E-state index contributed by atoms with van der Waals surface area (Å²) in [5.74, 6) is 0.0105. The lowest BCUT2D eigenvalue weighted by atomic mass is 10.1. The molecule has 1 heterocycles. The number of hydrogen-bond acceptors (Lipinski definition) is 5. The molecule has 3 N–H and O–H groups in total. The van der Waals surface area contributed by atoms with Crippen LogP contribution in [0.1, 0.15) is 12.8 Å². The minimum atomic E-state index is -3.23. The molecule has 8 heteroatoms. The van der Waals surface area contributed by atoms with E-state index in [0.717, 1.165) is 25.9 Å². The van der Waals surface area contributed by atoms with Crippen LogP contribution in [0.25, 0.3) is 0 Å². The van der Waals surface area contributed by atoms with E-state index in [1.807, 2.05) is 0 Å². The third kappa shape index (κ3) is 6.05. The fourth-order valence-electron chi connectivity index (χ4n) is 1.94. The van der Waals surface area contributed by atoms with Gasteiger partial charge in [0, 0.05) is 32.8 Å². The minimum Gasteiger partial charge on any atom is -0.392 e. The molecule has 0 amide bonds. The molecule has 0 bridgehead atoms. The van der Waals surface area contributed by atoms with Crippen molar-refractivity contribution in [3.8, 4) is 0 Å². The highest BCUT2D eigenvalue weighted by Gasteiger charge is 2.23. The van der Waals surface area contributed by atoms with Crippen LogP contribution in [0.5, 0.6) is 0 Å². The maximum absolute atomic E-state index is 11.7. The Bertz CT molecular complexity index is 365. The Morgan fingerprint density at radius 3 is 2.61 bits per heavy atom. The normalized spacial score (nSPS) is 18.9. The molecule has 0 unspecified atom stereocenters. The second-order valence-corrected chi connectivity index (χ2v) is 6.84. The Kier molecular flexibility index (Phi) is 6.44. The van der Waals surface area contributed by atoms with Crippen LogP contribution in [0, 0.1) is 0 Å². The first-order valence-corrected chi connectivity index (χ1v) is 7.98. The number of rotatable bonds is 7. The van der Waals surface area contributed by atoms with Crippen molar-refractivity contribution in [1.29, 1.82) is 0 Å². The zero-order valence-electron chi connectivity index (χ0n) is 10.6. The van der Waals surface area contributed by atoms with Crippen molar-refractivity contribution < 1.29 is 13.2 Å². The topological polar surface area (TPSA) is 84.7 Å². The molecular formula is C10H21N3O3S2. The number of ether oxygens (including phenoxy) is 1. The molecule has 0 radical (unpaired) electrons. The third-order valence-corrected chi connectivity index (χ3v) is 4.40. The van der Waals surface area contributed by atoms with Crippen LogP contribution >= 0.6 is 12.2 Å². The van der Waals surface area contributed by atoms with E-state index in [2.05, 4.69) is 9.62 Å². The maximum Gasteiger partial charge on any atom is 0.214 e. The van der Waals surface area contributed by atoms with Crippen molar-refractivity contribution >= 4 is 27.2 Å². The number of piperidine rings is 1. The molecule has 0 aromatic carbocycles. The second kappa shape index (κ2) is 7.34. The molecule has 1 aliphatic heterocycles. The number of nitrogens with two attached hydrogens (primary N) is 1. The largest absolute Gasteiger partial charge is 0.392 e. The van der Waals surface area contributed by atoms with Gasteiger partial charge in [0.05, 0.1) is 17.3 Å². The highest BCUT2D eigenvalue weighted by atomic mass is 32.2. The summed E-state index contributed by atoms with van der Waals surface area (Å²) in [5.41, 5.74) is 5.48. The number of likely N-dealkylation sites (tertiary alicyclic amines) is 1. The molecule has 18 heavy (non-hydrogen) atoms. The van der Waals surface area contributed by atoms with Crippen LogP contribution in [0.3, 0.4) is 0 Å². The van der Waals surface area contributed by atoms with E-state index in [4.69, 9.17) is 22.7 Å². The Labute approximate surface area is 114 Å². The lowest BCUT2D eigenvalue weighted by Gasteiger charge is -2.31. The van der Waals surface area contributed by atoms with E-state index in [0.29, 0.717) is 11.5 Å². The average molecular weight is 295 g/mol. The quantitative estimate of drug-likeness (QED) is 0.604. The van der Waals surface area contributed by atoms with Crippen LogP contribution in [-0.4, -0.2) is 63.5 Å². The molecular weight excluding hydrogens is 274 g/mol. The maximum atomic E-state index is 11.7. The minimum absolute atomic E-state index is 0.00875. The molecule has 0 aliphatic carbocycles. The SMILES string of the molecule is COCCS(=O)(=O)NC1CCN(CC(N)=S)CC1. The smallest absolute Gasteiger partial charge is 0.214 e. The highest BCUT2D eigenvalue weighted by Crippen LogP contribution is 2.11. The van der Waals surface area contributed by atoms with Crippen LogP contribution in [-0.2, 0) is 14.8 Å². The van der Waals surface area contributed by atoms with E-state index < -0.39 is 10.0 Å². The van der Waals surface area contributed by atoms with Gasteiger partial charge in [-0.05, 0) is 12.8 Å². The lowest BCUT2D eigenvalue weighted by Crippen LogP contribution is -2.47. The molecule has 0 atom stereocenters. The van der Waals surface area contributed by atoms with Gasteiger partial charge in [-0.15, -0.1) is 0 Å². The fourth-order valence-corrected chi connectivity index (χ4v) is 3.37. The van der Waals surface area contributed by atoms with E-state index in [-0.39, 0.29) is 18.4 Å². The molecule has 106 valence electrons. The molecule has 1 aliphatic rings. The highest BCUT2D eigenvalue weighted by molar-refractivity contribution is 7.89. The molecule has 1 rings (SSSR count). The standard InChI is InChI=1S/C10H21N3O3S2/c1-16-6-7-18(14,15)12-9-2-4-13(5-3-9)8-10(11)17/h9,12H,2-8H2,1H3,(H2,11,17). The molecule has 1 saturated heterocycles. The summed E-state index contributed by atoms with van der Waals surface area (Å²) in [5, 5.41) is 0. The van der Waals surface area contributed by atoms with Crippen LogP contribution in [0.2, 0.25) is 0 Å². The van der Waals surface area contributed by atoms with Gasteiger partial charge in [0.2, 0.25) is 10.0 Å². The van der Waals surface area contributed by atoms with E-state index in [9.17, 15) is 8.42 Å².